The molecule has 0 spiro atoms. The van der Waals surface area contributed by atoms with Crippen molar-refractivity contribution >= 4 is 5.91 Å². The summed E-state index contributed by atoms with van der Waals surface area (Å²) in [6.07, 6.45) is 6.57. The van der Waals surface area contributed by atoms with Crippen molar-refractivity contribution in [3.8, 4) is 0 Å². The fraction of sp³-hybridized carbons (Fsp3) is 0.933. The summed E-state index contributed by atoms with van der Waals surface area (Å²) in [5, 5.41) is 13.5. The lowest BCUT2D eigenvalue weighted by atomic mass is 9.80. The number of rotatable bonds is 4. The molecule has 0 aromatic heterocycles. The number of aliphatic hydroxyl groups excluding tert-OH is 1. The van der Waals surface area contributed by atoms with Crippen molar-refractivity contribution in [3.05, 3.63) is 0 Å². The summed E-state index contributed by atoms with van der Waals surface area (Å²) in [5.41, 5.74) is -0.222. The molecule has 2 fully saturated rings. The first kappa shape index (κ1) is 14.8. The molecular weight excluding hydrogens is 240 g/mol. The van der Waals surface area contributed by atoms with Crippen molar-refractivity contribution in [2.24, 2.45) is 5.41 Å². The monoisotopic (exact) mass is 268 g/mol. The van der Waals surface area contributed by atoms with E-state index in [4.69, 9.17) is 0 Å². The van der Waals surface area contributed by atoms with Gasteiger partial charge in [0, 0.05) is 13.6 Å². The van der Waals surface area contributed by atoms with Gasteiger partial charge >= 0.3 is 0 Å². The molecule has 1 aliphatic heterocycles. The zero-order chi connectivity index (χ0) is 13.9. The Morgan fingerprint density at radius 3 is 2.74 bits per heavy atom. The molecule has 19 heavy (non-hydrogen) atoms. The largest absolute Gasteiger partial charge is 0.391 e. The van der Waals surface area contributed by atoms with Crippen LogP contribution >= 0.6 is 0 Å². The second-order valence-corrected chi connectivity index (χ2v) is 6.29. The van der Waals surface area contributed by atoms with Gasteiger partial charge in [0.15, 0.2) is 0 Å². The number of likely N-dealkylation sites (N-methyl/N-ethyl adjacent to an activating group) is 1. The molecule has 3 unspecified atom stereocenters. The van der Waals surface area contributed by atoms with Crippen LogP contribution < -0.4 is 5.32 Å². The summed E-state index contributed by atoms with van der Waals surface area (Å²) < 4.78 is 0. The zero-order valence-electron chi connectivity index (χ0n) is 12.3. The third-order valence-corrected chi connectivity index (χ3v) is 4.94. The van der Waals surface area contributed by atoms with Gasteiger partial charge in [-0.1, -0.05) is 26.2 Å². The number of hydrogen-bond acceptors (Lipinski definition) is 3. The minimum Gasteiger partial charge on any atom is -0.391 e. The SMILES string of the molecule is CCCC1(C(=O)N(C)C2CCCCC2O)CCNC1. The number of carbonyl (C=O) groups excluding carboxylic acids is 1. The van der Waals surface area contributed by atoms with E-state index in [1.54, 1.807) is 0 Å². The van der Waals surface area contributed by atoms with E-state index in [1.807, 2.05) is 11.9 Å². The van der Waals surface area contributed by atoms with Gasteiger partial charge in [0.25, 0.3) is 0 Å². The normalized spacial score (nSPS) is 35.3. The van der Waals surface area contributed by atoms with E-state index in [-0.39, 0.29) is 23.5 Å². The second kappa shape index (κ2) is 6.23. The van der Waals surface area contributed by atoms with Crippen molar-refractivity contribution in [3.63, 3.8) is 0 Å². The van der Waals surface area contributed by atoms with Gasteiger partial charge < -0.3 is 15.3 Å². The van der Waals surface area contributed by atoms with Gasteiger partial charge in [-0.05, 0) is 32.2 Å². The smallest absolute Gasteiger partial charge is 0.230 e. The molecule has 2 N–H and O–H groups in total. The lowest BCUT2D eigenvalue weighted by Crippen LogP contribution is -2.52. The maximum atomic E-state index is 12.9. The molecule has 0 aromatic carbocycles. The summed E-state index contributed by atoms with van der Waals surface area (Å²) in [6, 6.07) is 0.0237. The van der Waals surface area contributed by atoms with Crippen LogP contribution in [0.4, 0.5) is 0 Å². The maximum absolute atomic E-state index is 12.9. The molecule has 1 amide bonds. The molecule has 0 radical (unpaired) electrons. The molecule has 1 aliphatic carbocycles. The molecule has 1 heterocycles. The maximum Gasteiger partial charge on any atom is 0.230 e. The van der Waals surface area contributed by atoms with E-state index < -0.39 is 0 Å². The molecule has 1 saturated carbocycles. The Hall–Kier alpha value is -0.610. The number of aliphatic hydroxyl groups is 1. The van der Waals surface area contributed by atoms with Gasteiger partial charge in [-0.2, -0.15) is 0 Å². The summed E-state index contributed by atoms with van der Waals surface area (Å²) in [4.78, 5) is 14.7. The van der Waals surface area contributed by atoms with Gasteiger partial charge in [-0.3, -0.25) is 4.79 Å². The second-order valence-electron chi connectivity index (χ2n) is 6.29. The molecule has 110 valence electrons. The number of nitrogens with one attached hydrogen (secondary N) is 1. The fourth-order valence-electron chi connectivity index (χ4n) is 3.79. The molecule has 1 saturated heterocycles. The van der Waals surface area contributed by atoms with Crippen LogP contribution in [0.3, 0.4) is 0 Å². The predicted octanol–water partition coefficient (Wildman–Crippen LogP) is 1.53. The molecule has 3 atom stereocenters. The number of amides is 1. The van der Waals surface area contributed by atoms with Crippen molar-refractivity contribution in [1.29, 1.82) is 0 Å². The van der Waals surface area contributed by atoms with E-state index in [0.717, 1.165) is 58.0 Å². The summed E-state index contributed by atoms with van der Waals surface area (Å²) in [5.74, 6) is 0.241. The van der Waals surface area contributed by atoms with Crippen LogP contribution in [0.2, 0.25) is 0 Å². The van der Waals surface area contributed by atoms with Gasteiger partial charge in [0.1, 0.15) is 0 Å². The Balaban J connectivity index is 2.08. The van der Waals surface area contributed by atoms with Gasteiger partial charge in [-0.25, -0.2) is 0 Å². The van der Waals surface area contributed by atoms with Crippen LogP contribution in [-0.4, -0.2) is 48.2 Å². The first-order chi connectivity index (χ1) is 9.10. The van der Waals surface area contributed by atoms with Crippen LogP contribution in [0.15, 0.2) is 0 Å². The Morgan fingerprint density at radius 2 is 2.16 bits per heavy atom. The minimum absolute atomic E-state index is 0.0237. The Kier molecular flexibility index (Phi) is 4.85. The zero-order valence-corrected chi connectivity index (χ0v) is 12.3. The van der Waals surface area contributed by atoms with E-state index >= 15 is 0 Å². The number of hydrogen-bond donors (Lipinski definition) is 2. The van der Waals surface area contributed by atoms with E-state index in [9.17, 15) is 9.90 Å². The Morgan fingerprint density at radius 1 is 1.42 bits per heavy atom. The van der Waals surface area contributed by atoms with Crippen molar-refractivity contribution < 1.29 is 9.90 Å². The van der Waals surface area contributed by atoms with Crippen LogP contribution in [0.5, 0.6) is 0 Å². The highest BCUT2D eigenvalue weighted by atomic mass is 16.3. The van der Waals surface area contributed by atoms with Crippen LogP contribution in [0, 0.1) is 5.41 Å². The summed E-state index contributed by atoms with van der Waals surface area (Å²) in [6.45, 7) is 3.88. The van der Waals surface area contributed by atoms with Crippen LogP contribution in [0.1, 0.15) is 51.9 Å². The third-order valence-electron chi connectivity index (χ3n) is 4.94. The van der Waals surface area contributed by atoms with E-state index in [1.165, 1.54) is 0 Å². The quantitative estimate of drug-likeness (QED) is 0.813. The number of nitrogens with zero attached hydrogens (tertiary/aromatic N) is 1. The highest BCUT2D eigenvalue weighted by Gasteiger charge is 2.44. The minimum atomic E-state index is -0.337. The summed E-state index contributed by atoms with van der Waals surface area (Å²) in [7, 11) is 1.89. The average molecular weight is 268 g/mol. The molecule has 4 heteroatoms. The standard InChI is InChI=1S/C15H28N2O2/c1-3-8-15(9-10-16-11-15)14(19)17(2)12-6-4-5-7-13(12)18/h12-13,16,18H,3-11H2,1-2H3. The summed E-state index contributed by atoms with van der Waals surface area (Å²) >= 11 is 0. The van der Waals surface area contributed by atoms with E-state index in [0.29, 0.717) is 0 Å². The van der Waals surface area contributed by atoms with Crippen LogP contribution in [-0.2, 0) is 4.79 Å². The van der Waals surface area contributed by atoms with E-state index in [2.05, 4.69) is 12.2 Å². The number of carbonyl (C=O) groups is 1. The molecule has 0 bridgehead atoms. The third kappa shape index (κ3) is 2.95. The molecular formula is C15H28N2O2. The lowest BCUT2D eigenvalue weighted by Gasteiger charge is -2.40. The average Bonchev–Trinajstić information content (AvgIpc) is 2.88. The van der Waals surface area contributed by atoms with Crippen molar-refractivity contribution in [1.82, 2.24) is 10.2 Å². The van der Waals surface area contributed by atoms with Crippen molar-refractivity contribution in [2.45, 2.75) is 64.0 Å². The highest BCUT2D eigenvalue weighted by molar-refractivity contribution is 5.83. The van der Waals surface area contributed by atoms with Gasteiger partial charge in [0.05, 0.1) is 17.6 Å². The van der Waals surface area contributed by atoms with Crippen molar-refractivity contribution in [2.75, 3.05) is 20.1 Å². The Labute approximate surface area is 116 Å². The fourth-order valence-corrected chi connectivity index (χ4v) is 3.79. The lowest BCUT2D eigenvalue weighted by molar-refractivity contribution is -0.146. The first-order valence-electron chi connectivity index (χ1n) is 7.77. The topological polar surface area (TPSA) is 52.6 Å². The molecule has 2 rings (SSSR count). The first-order valence-corrected chi connectivity index (χ1v) is 7.77. The molecule has 2 aliphatic rings. The van der Waals surface area contributed by atoms with Crippen LogP contribution in [0.25, 0.3) is 0 Å². The predicted molar refractivity (Wildman–Crippen MR) is 75.9 cm³/mol. The molecule has 0 aromatic rings. The molecule has 4 nitrogen and oxygen atoms in total. The van der Waals surface area contributed by atoms with Gasteiger partial charge in [0.2, 0.25) is 5.91 Å². The Bertz CT molecular complexity index is 313. The van der Waals surface area contributed by atoms with Gasteiger partial charge in [-0.15, -0.1) is 0 Å². The highest BCUT2D eigenvalue weighted by Crippen LogP contribution is 2.35.